The van der Waals surface area contributed by atoms with Crippen molar-refractivity contribution in [3.63, 3.8) is 0 Å². The minimum absolute atomic E-state index is 0.163. The molecule has 0 unspecified atom stereocenters. The summed E-state index contributed by atoms with van der Waals surface area (Å²) in [4.78, 5) is 16.6. The molecule has 0 aliphatic rings. The van der Waals surface area contributed by atoms with Crippen LogP contribution in [-0.2, 0) is 6.42 Å². The van der Waals surface area contributed by atoms with Crippen molar-refractivity contribution in [1.29, 1.82) is 0 Å². The molecule has 0 atom stereocenters. The maximum atomic E-state index is 12.3. The summed E-state index contributed by atoms with van der Waals surface area (Å²) in [5.74, 6) is 0.163. The van der Waals surface area contributed by atoms with Crippen LogP contribution in [0, 0.1) is 0 Å². The van der Waals surface area contributed by atoms with Crippen LogP contribution in [0.4, 0.5) is 0 Å². The Balaban J connectivity index is 1.85. The van der Waals surface area contributed by atoms with E-state index in [4.69, 9.17) is 0 Å². The molecule has 94 valence electrons. The largest absolute Gasteiger partial charge is 0.294 e. The number of nitrogens with zero attached hydrogens (tertiary/aromatic N) is 1. The van der Waals surface area contributed by atoms with Crippen LogP contribution in [0.3, 0.4) is 0 Å². The van der Waals surface area contributed by atoms with E-state index in [1.807, 2.05) is 35.7 Å². The molecule has 0 saturated carbocycles. The number of pyridine rings is 1. The van der Waals surface area contributed by atoms with Gasteiger partial charge in [0.1, 0.15) is 0 Å². The van der Waals surface area contributed by atoms with Crippen LogP contribution in [0.5, 0.6) is 0 Å². The SMILES string of the molecule is O=C(CCc1ccsc1)c1cccc2cccnc12. The van der Waals surface area contributed by atoms with Crippen molar-refractivity contribution in [3.05, 3.63) is 64.5 Å². The Morgan fingerprint density at radius 2 is 2.05 bits per heavy atom. The van der Waals surface area contributed by atoms with E-state index >= 15 is 0 Å². The molecule has 0 N–H and O–H groups in total. The third-order valence-electron chi connectivity index (χ3n) is 3.15. The minimum atomic E-state index is 0.163. The Hall–Kier alpha value is -2.00. The highest BCUT2D eigenvalue weighted by Gasteiger charge is 2.10. The Morgan fingerprint density at radius 1 is 1.16 bits per heavy atom. The van der Waals surface area contributed by atoms with Crippen molar-refractivity contribution in [2.24, 2.45) is 0 Å². The van der Waals surface area contributed by atoms with Crippen molar-refractivity contribution >= 4 is 28.0 Å². The van der Waals surface area contributed by atoms with Gasteiger partial charge in [-0.3, -0.25) is 9.78 Å². The quantitative estimate of drug-likeness (QED) is 0.666. The topological polar surface area (TPSA) is 30.0 Å². The zero-order valence-corrected chi connectivity index (χ0v) is 11.2. The summed E-state index contributed by atoms with van der Waals surface area (Å²) in [5.41, 5.74) is 2.76. The van der Waals surface area contributed by atoms with Crippen molar-refractivity contribution < 1.29 is 4.79 Å². The van der Waals surface area contributed by atoms with Crippen molar-refractivity contribution in [1.82, 2.24) is 4.98 Å². The van der Waals surface area contributed by atoms with Gasteiger partial charge in [0.05, 0.1) is 5.52 Å². The third-order valence-corrected chi connectivity index (χ3v) is 3.89. The van der Waals surface area contributed by atoms with Gasteiger partial charge in [-0.1, -0.05) is 18.2 Å². The number of Topliss-reactive ketones (excluding diaryl/α,β-unsaturated/α-hetero) is 1. The number of ketones is 1. The fourth-order valence-corrected chi connectivity index (χ4v) is 2.86. The summed E-state index contributed by atoms with van der Waals surface area (Å²) in [5, 5.41) is 5.15. The lowest BCUT2D eigenvalue weighted by Gasteiger charge is -2.04. The molecule has 0 amide bonds. The molecular weight excluding hydrogens is 254 g/mol. The molecule has 0 fully saturated rings. The van der Waals surface area contributed by atoms with Gasteiger partial charge in [0.25, 0.3) is 0 Å². The van der Waals surface area contributed by atoms with E-state index < -0.39 is 0 Å². The number of fused-ring (bicyclic) bond motifs is 1. The second-order valence-corrected chi connectivity index (χ2v) is 5.22. The number of hydrogen-bond donors (Lipinski definition) is 0. The molecule has 0 radical (unpaired) electrons. The molecule has 2 aromatic heterocycles. The second kappa shape index (κ2) is 5.33. The van der Waals surface area contributed by atoms with Gasteiger partial charge in [-0.05, 0) is 40.9 Å². The maximum Gasteiger partial charge on any atom is 0.165 e. The van der Waals surface area contributed by atoms with Gasteiger partial charge in [0.2, 0.25) is 0 Å². The summed E-state index contributed by atoms with van der Waals surface area (Å²) in [6, 6.07) is 11.7. The molecular formula is C16H13NOS. The second-order valence-electron chi connectivity index (χ2n) is 4.44. The van der Waals surface area contributed by atoms with E-state index in [2.05, 4.69) is 16.4 Å². The Labute approximate surface area is 115 Å². The average molecular weight is 267 g/mol. The van der Waals surface area contributed by atoms with Crippen LogP contribution in [0.2, 0.25) is 0 Å². The molecule has 3 heteroatoms. The molecule has 3 rings (SSSR count). The van der Waals surface area contributed by atoms with E-state index in [9.17, 15) is 4.79 Å². The molecule has 0 spiro atoms. The molecule has 2 heterocycles. The summed E-state index contributed by atoms with van der Waals surface area (Å²) >= 11 is 1.67. The lowest BCUT2D eigenvalue weighted by molar-refractivity contribution is 0.0984. The Kier molecular flexibility index (Phi) is 3.38. The zero-order valence-electron chi connectivity index (χ0n) is 10.4. The van der Waals surface area contributed by atoms with Gasteiger partial charge < -0.3 is 0 Å². The smallest absolute Gasteiger partial charge is 0.165 e. The number of para-hydroxylation sites is 1. The van der Waals surface area contributed by atoms with E-state index in [0.717, 1.165) is 22.9 Å². The fraction of sp³-hybridized carbons (Fsp3) is 0.125. The van der Waals surface area contributed by atoms with Crippen LogP contribution in [0.15, 0.2) is 53.4 Å². The Morgan fingerprint density at radius 3 is 2.89 bits per heavy atom. The number of thiophene rings is 1. The van der Waals surface area contributed by atoms with E-state index in [1.54, 1.807) is 17.5 Å². The number of aromatic nitrogens is 1. The van der Waals surface area contributed by atoms with Gasteiger partial charge >= 0.3 is 0 Å². The first-order valence-electron chi connectivity index (χ1n) is 6.22. The van der Waals surface area contributed by atoms with E-state index in [0.29, 0.717) is 6.42 Å². The molecule has 0 bridgehead atoms. The van der Waals surface area contributed by atoms with Gasteiger partial charge in [-0.2, -0.15) is 11.3 Å². The number of aryl methyl sites for hydroxylation is 1. The highest BCUT2D eigenvalue weighted by molar-refractivity contribution is 7.07. The molecule has 0 aliphatic carbocycles. The average Bonchev–Trinajstić information content (AvgIpc) is 2.97. The molecule has 19 heavy (non-hydrogen) atoms. The summed E-state index contributed by atoms with van der Waals surface area (Å²) in [6.45, 7) is 0. The number of benzene rings is 1. The predicted octanol–water partition coefficient (Wildman–Crippen LogP) is 4.11. The molecule has 3 aromatic rings. The number of carbonyl (C=O) groups is 1. The number of rotatable bonds is 4. The van der Waals surface area contributed by atoms with Crippen molar-refractivity contribution in [3.8, 4) is 0 Å². The molecule has 1 aromatic carbocycles. The lowest BCUT2D eigenvalue weighted by atomic mass is 10.0. The molecule has 0 aliphatic heterocycles. The van der Waals surface area contributed by atoms with Crippen LogP contribution < -0.4 is 0 Å². The zero-order chi connectivity index (χ0) is 13.1. The highest BCUT2D eigenvalue weighted by atomic mass is 32.1. The van der Waals surface area contributed by atoms with Crippen LogP contribution in [-0.4, -0.2) is 10.8 Å². The van der Waals surface area contributed by atoms with Crippen LogP contribution in [0.1, 0.15) is 22.3 Å². The lowest BCUT2D eigenvalue weighted by Crippen LogP contribution is -2.02. The van der Waals surface area contributed by atoms with Gasteiger partial charge in [0.15, 0.2) is 5.78 Å². The minimum Gasteiger partial charge on any atom is -0.294 e. The first-order chi connectivity index (χ1) is 9.34. The van der Waals surface area contributed by atoms with Gasteiger partial charge in [-0.15, -0.1) is 0 Å². The third kappa shape index (κ3) is 2.56. The summed E-state index contributed by atoms with van der Waals surface area (Å²) in [6.07, 6.45) is 3.07. The molecule has 0 saturated heterocycles. The number of carbonyl (C=O) groups excluding carboxylic acids is 1. The molecule has 2 nitrogen and oxygen atoms in total. The van der Waals surface area contributed by atoms with Crippen molar-refractivity contribution in [2.45, 2.75) is 12.8 Å². The maximum absolute atomic E-state index is 12.3. The highest BCUT2D eigenvalue weighted by Crippen LogP contribution is 2.18. The van der Waals surface area contributed by atoms with Gasteiger partial charge in [-0.25, -0.2) is 0 Å². The first-order valence-corrected chi connectivity index (χ1v) is 7.17. The van der Waals surface area contributed by atoms with Crippen LogP contribution in [0.25, 0.3) is 10.9 Å². The van der Waals surface area contributed by atoms with Crippen molar-refractivity contribution in [2.75, 3.05) is 0 Å². The van der Waals surface area contributed by atoms with Gasteiger partial charge in [0, 0.05) is 23.6 Å². The fourth-order valence-electron chi connectivity index (χ4n) is 2.16. The van der Waals surface area contributed by atoms with E-state index in [1.165, 1.54) is 5.56 Å². The van der Waals surface area contributed by atoms with E-state index in [-0.39, 0.29) is 5.78 Å². The first kappa shape index (κ1) is 12.1. The monoisotopic (exact) mass is 267 g/mol. The Bertz CT molecular complexity index is 698. The summed E-state index contributed by atoms with van der Waals surface area (Å²) in [7, 11) is 0. The predicted molar refractivity (Wildman–Crippen MR) is 78.7 cm³/mol. The standard InChI is InChI=1S/C16H13NOS/c18-15(7-6-12-8-10-19-11-12)14-5-1-3-13-4-2-9-17-16(13)14/h1-5,8-11H,6-7H2. The number of hydrogen-bond acceptors (Lipinski definition) is 3. The van der Waals surface area contributed by atoms with Crippen LogP contribution >= 0.6 is 11.3 Å². The summed E-state index contributed by atoms with van der Waals surface area (Å²) < 4.78 is 0. The normalized spacial score (nSPS) is 10.7.